The molecule has 0 radical (unpaired) electrons. The minimum atomic E-state index is -2.33. The van der Waals surface area contributed by atoms with Crippen LogP contribution in [0.1, 0.15) is 18.0 Å². The zero-order chi connectivity index (χ0) is 9.42. The highest BCUT2D eigenvalue weighted by atomic mass is 19.3. The van der Waals surface area contributed by atoms with E-state index in [1.807, 2.05) is 6.92 Å². The van der Waals surface area contributed by atoms with Crippen molar-refractivity contribution >= 4 is 5.82 Å². The van der Waals surface area contributed by atoms with Gasteiger partial charge in [0.15, 0.2) is 0 Å². The van der Waals surface area contributed by atoms with Gasteiger partial charge < -0.3 is 5.32 Å². The molecule has 0 amide bonds. The molecular weight excluding hydrogens is 176 g/mol. The molecule has 0 fully saturated rings. The molecule has 0 aromatic carbocycles. The van der Waals surface area contributed by atoms with Crippen LogP contribution in [0.2, 0.25) is 0 Å². The van der Waals surface area contributed by atoms with Crippen molar-refractivity contribution in [1.82, 2.24) is 9.78 Å². The minimum absolute atomic E-state index is 0.436. The monoisotopic (exact) mass is 187 g/mol. The first-order valence-corrected chi connectivity index (χ1v) is 4.26. The second kappa shape index (κ2) is 2.97. The van der Waals surface area contributed by atoms with E-state index in [0.29, 0.717) is 13.0 Å². The third kappa shape index (κ3) is 1.28. The second-order valence-electron chi connectivity index (χ2n) is 3.24. The molecule has 1 aromatic rings. The van der Waals surface area contributed by atoms with Gasteiger partial charge in [0.1, 0.15) is 11.9 Å². The van der Waals surface area contributed by atoms with Crippen LogP contribution in [-0.2, 0) is 0 Å². The summed E-state index contributed by atoms with van der Waals surface area (Å²) >= 11 is 0. The standard InChI is InChI=1S/C8H11F2N3/c1-5-4-12-13-6(7(9)10)2-3-11-8(5)13/h4,6-7,11H,2-3H2,1H3. The van der Waals surface area contributed by atoms with E-state index in [4.69, 9.17) is 0 Å². The molecule has 0 spiro atoms. The molecule has 1 aliphatic heterocycles. The molecule has 72 valence electrons. The van der Waals surface area contributed by atoms with Crippen LogP contribution in [0.15, 0.2) is 6.20 Å². The van der Waals surface area contributed by atoms with E-state index in [2.05, 4.69) is 10.4 Å². The topological polar surface area (TPSA) is 29.9 Å². The molecule has 0 aliphatic carbocycles. The maximum Gasteiger partial charge on any atom is 0.260 e. The van der Waals surface area contributed by atoms with E-state index in [0.717, 1.165) is 11.4 Å². The highest BCUT2D eigenvalue weighted by molar-refractivity contribution is 5.44. The molecule has 3 nitrogen and oxygen atoms in total. The minimum Gasteiger partial charge on any atom is -0.370 e. The lowest BCUT2D eigenvalue weighted by Gasteiger charge is -2.25. The molecule has 1 N–H and O–H groups in total. The Kier molecular flexibility index (Phi) is 1.94. The van der Waals surface area contributed by atoms with Crippen molar-refractivity contribution in [2.45, 2.75) is 25.8 Å². The molecular formula is C8H11F2N3. The van der Waals surface area contributed by atoms with Crippen molar-refractivity contribution in [3.05, 3.63) is 11.8 Å². The van der Waals surface area contributed by atoms with Gasteiger partial charge in [-0.1, -0.05) is 0 Å². The fraction of sp³-hybridized carbons (Fsp3) is 0.625. The Morgan fingerprint density at radius 2 is 2.46 bits per heavy atom. The number of aromatic nitrogens is 2. The molecule has 0 saturated heterocycles. The molecule has 2 heterocycles. The van der Waals surface area contributed by atoms with Crippen LogP contribution in [-0.4, -0.2) is 22.8 Å². The van der Waals surface area contributed by atoms with Gasteiger partial charge in [0.05, 0.1) is 6.20 Å². The summed E-state index contributed by atoms with van der Waals surface area (Å²) in [4.78, 5) is 0. The maximum atomic E-state index is 12.5. The Bertz CT molecular complexity index is 308. The largest absolute Gasteiger partial charge is 0.370 e. The van der Waals surface area contributed by atoms with E-state index in [1.165, 1.54) is 4.68 Å². The maximum absolute atomic E-state index is 12.5. The third-order valence-corrected chi connectivity index (χ3v) is 2.32. The number of hydrogen-bond donors (Lipinski definition) is 1. The molecule has 1 aromatic heterocycles. The number of alkyl halides is 2. The number of nitrogens with zero attached hydrogens (tertiary/aromatic N) is 2. The summed E-state index contributed by atoms with van der Waals surface area (Å²) < 4.78 is 26.4. The molecule has 0 saturated carbocycles. The number of aryl methyl sites for hydroxylation is 1. The number of hydrogen-bond acceptors (Lipinski definition) is 2. The van der Waals surface area contributed by atoms with Crippen LogP contribution in [0.3, 0.4) is 0 Å². The van der Waals surface area contributed by atoms with Gasteiger partial charge in [-0.3, -0.25) is 0 Å². The summed E-state index contributed by atoms with van der Waals surface area (Å²) in [6.45, 7) is 2.46. The molecule has 0 bridgehead atoms. The smallest absolute Gasteiger partial charge is 0.260 e. The molecule has 5 heteroatoms. The quantitative estimate of drug-likeness (QED) is 0.726. The summed E-state index contributed by atoms with van der Waals surface area (Å²) in [5.74, 6) is 0.733. The van der Waals surface area contributed by atoms with Crippen LogP contribution in [0.5, 0.6) is 0 Å². The van der Waals surface area contributed by atoms with Crippen LogP contribution >= 0.6 is 0 Å². The van der Waals surface area contributed by atoms with E-state index in [-0.39, 0.29) is 0 Å². The molecule has 1 atom stereocenters. The van der Waals surface area contributed by atoms with Crippen LogP contribution in [0.4, 0.5) is 14.6 Å². The third-order valence-electron chi connectivity index (χ3n) is 2.32. The molecule has 2 rings (SSSR count). The van der Waals surface area contributed by atoms with Crippen LogP contribution in [0.25, 0.3) is 0 Å². The Balaban J connectivity index is 2.38. The number of anilines is 1. The average molecular weight is 187 g/mol. The van der Waals surface area contributed by atoms with E-state index in [9.17, 15) is 8.78 Å². The normalized spacial score (nSPS) is 21.4. The molecule has 1 aliphatic rings. The number of nitrogens with one attached hydrogen (secondary N) is 1. The lowest BCUT2D eigenvalue weighted by Crippen LogP contribution is -2.28. The fourth-order valence-corrected chi connectivity index (χ4v) is 1.61. The van der Waals surface area contributed by atoms with Crippen molar-refractivity contribution in [2.75, 3.05) is 11.9 Å². The highest BCUT2D eigenvalue weighted by Gasteiger charge is 2.28. The van der Waals surface area contributed by atoms with Crippen LogP contribution in [0, 0.1) is 6.92 Å². The van der Waals surface area contributed by atoms with Gasteiger partial charge in [-0.15, -0.1) is 0 Å². The van der Waals surface area contributed by atoms with Crippen molar-refractivity contribution < 1.29 is 8.78 Å². The second-order valence-corrected chi connectivity index (χ2v) is 3.24. The predicted molar refractivity (Wildman–Crippen MR) is 45.1 cm³/mol. The van der Waals surface area contributed by atoms with E-state index >= 15 is 0 Å². The Morgan fingerprint density at radius 3 is 3.15 bits per heavy atom. The first-order chi connectivity index (χ1) is 6.20. The van der Waals surface area contributed by atoms with Crippen molar-refractivity contribution in [1.29, 1.82) is 0 Å². The zero-order valence-corrected chi connectivity index (χ0v) is 7.30. The van der Waals surface area contributed by atoms with E-state index < -0.39 is 12.5 Å². The van der Waals surface area contributed by atoms with Gasteiger partial charge in [0.25, 0.3) is 6.43 Å². The first-order valence-electron chi connectivity index (χ1n) is 4.26. The van der Waals surface area contributed by atoms with Crippen molar-refractivity contribution in [3.63, 3.8) is 0 Å². The lowest BCUT2D eigenvalue weighted by atomic mass is 10.2. The van der Waals surface area contributed by atoms with Gasteiger partial charge in [0, 0.05) is 12.1 Å². The molecule has 1 unspecified atom stereocenters. The highest BCUT2D eigenvalue weighted by Crippen LogP contribution is 2.29. The summed E-state index contributed by atoms with van der Waals surface area (Å²) in [5.41, 5.74) is 0.922. The fourth-order valence-electron chi connectivity index (χ4n) is 1.61. The SMILES string of the molecule is Cc1cnn2c1NCCC2C(F)F. The van der Waals surface area contributed by atoms with Crippen molar-refractivity contribution in [3.8, 4) is 0 Å². The van der Waals surface area contributed by atoms with Gasteiger partial charge in [0.2, 0.25) is 0 Å². The van der Waals surface area contributed by atoms with Gasteiger partial charge >= 0.3 is 0 Å². The summed E-state index contributed by atoms with van der Waals surface area (Å²) in [7, 11) is 0. The summed E-state index contributed by atoms with van der Waals surface area (Å²) in [5, 5.41) is 7.00. The number of fused-ring (bicyclic) bond motifs is 1. The lowest BCUT2D eigenvalue weighted by molar-refractivity contribution is 0.0715. The van der Waals surface area contributed by atoms with Gasteiger partial charge in [-0.25, -0.2) is 13.5 Å². The zero-order valence-electron chi connectivity index (χ0n) is 7.30. The predicted octanol–water partition coefficient (Wildman–Crippen LogP) is 1.81. The van der Waals surface area contributed by atoms with E-state index in [1.54, 1.807) is 6.20 Å². The number of rotatable bonds is 1. The van der Waals surface area contributed by atoms with Crippen LogP contribution < -0.4 is 5.32 Å². The number of halogens is 2. The Labute approximate surface area is 74.7 Å². The summed E-state index contributed by atoms with van der Waals surface area (Å²) in [6, 6.07) is -0.759. The first kappa shape index (κ1) is 8.47. The Morgan fingerprint density at radius 1 is 1.69 bits per heavy atom. The average Bonchev–Trinajstić information content (AvgIpc) is 2.48. The Hall–Kier alpha value is -1.13. The summed E-state index contributed by atoms with van der Waals surface area (Å²) in [6.07, 6.45) is -0.283. The molecule has 13 heavy (non-hydrogen) atoms. The van der Waals surface area contributed by atoms with Gasteiger partial charge in [-0.05, 0) is 13.3 Å². The van der Waals surface area contributed by atoms with Crippen molar-refractivity contribution in [2.24, 2.45) is 0 Å². The van der Waals surface area contributed by atoms with Gasteiger partial charge in [-0.2, -0.15) is 5.10 Å².